The Labute approximate surface area is 87.7 Å². The van der Waals surface area contributed by atoms with Crippen molar-refractivity contribution in [2.45, 2.75) is 4.43 Å². The molecule has 56 valence electrons. The highest BCUT2D eigenvalue weighted by atomic mass is 127. The Bertz CT molecular complexity index is 303. The Morgan fingerprint density at radius 3 is 2.82 bits per heavy atom. The van der Waals surface area contributed by atoms with Gasteiger partial charge in [0.25, 0.3) is 0 Å². The quantitative estimate of drug-likeness (QED) is 0.575. The van der Waals surface area contributed by atoms with Crippen LogP contribution in [0.3, 0.4) is 0 Å². The standard InChI is InChI=1S/C8H5BrIN/c9-8-2-1-6(4-10)7(3-8)5-11/h1-3H,4H2. The van der Waals surface area contributed by atoms with Crippen LogP contribution >= 0.6 is 38.5 Å². The van der Waals surface area contributed by atoms with Crippen molar-refractivity contribution in [2.75, 3.05) is 0 Å². The number of nitrogens with zero attached hydrogens (tertiary/aromatic N) is 1. The highest BCUT2D eigenvalue weighted by Gasteiger charge is 1.99. The van der Waals surface area contributed by atoms with Crippen molar-refractivity contribution in [3.63, 3.8) is 0 Å². The lowest BCUT2D eigenvalue weighted by molar-refractivity contribution is 1.37. The first-order valence-electron chi connectivity index (χ1n) is 3.02. The van der Waals surface area contributed by atoms with Crippen LogP contribution in [0.1, 0.15) is 11.1 Å². The van der Waals surface area contributed by atoms with Gasteiger partial charge in [-0.1, -0.05) is 44.6 Å². The summed E-state index contributed by atoms with van der Waals surface area (Å²) in [4.78, 5) is 0. The van der Waals surface area contributed by atoms with Crippen molar-refractivity contribution < 1.29 is 0 Å². The molecule has 0 bridgehead atoms. The molecule has 0 unspecified atom stereocenters. The van der Waals surface area contributed by atoms with E-state index in [9.17, 15) is 0 Å². The Morgan fingerprint density at radius 1 is 1.55 bits per heavy atom. The van der Waals surface area contributed by atoms with E-state index in [1.54, 1.807) is 0 Å². The fourth-order valence-electron chi connectivity index (χ4n) is 0.769. The van der Waals surface area contributed by atoms with Crippen molar-refractivity contribution in [1.29, 1.82) is 5.26 Å². The lowest BCUT2D eigenvalue weighted by Gasteiger charge is -1.98. The van der Waals surface area contributed by atoms with Gasteiger partial charge in [-0.25, -0.2) is 0 Å². The molecule has 0 atom stereocenters. The summed E-state index contributed by atoms with van der Waals surface area (Å²) in [6, 6.07) is 7.91. The molecule has 1 aromatic rings. The van der Waals surface area contributed by atoms with E-state index in [1.165, 1.54) is 0 Å². The molecule has 0 saturated carbocycles. The van der Waals surface area contributed by atoms with Gasteiger partial charge in [0.1, 0.15) is 0 Å². The second-order valence-corrected chi connectivity index (χ2v) is 3.73. The maximum Gasteiger partial charge on any atom is 0.0995 e. The molecular weight excluding hydrogens is 317 g/mol. The lowest BCUT2D eigenvalue weighted by atomic mass is 10.1. The third-order valence-corrected chi connectivity index (χ3v) is 2.65. The van der Waals surface area contributed by atoms with Gasteiger partial charge in [0.05, 0.1) is 11.6 Å². The van der Waals surface area contributed by atoms with Crippen molar-refractivity contribution >= 4 is 38.5 Å². The fourth-order valence-corrected chi connectivity index (χ4v) is 1.80. The predicted molar refractivity (Wildman–Crippen MR) is 56.6 cm³/mol. The summed E-state index contributed by atoms with van der Waals surface area (Å²) in [5.74, 6) is 0. The summed E-state index contributed by atoms with van der Waals surface area (Å²) in [6.45, 7) is 0. The number of hydrogen-bond acceptors (Lipinski definition) is 1. The van der Waals surface area contributed by atoms with Gasteiger partial charge in [0.15, 0.2) is 0 Å². The van der Waals surface area contributed by atoms with Gasteiger partial charge in [0.2, 0.25) is 0 Å². The van der Waals surface area contributed by atoms with E-state index in [1.807, 2.05) is 18.2 Å². The fraction of sp³-hybridized carbons (Fsp3) is 0.125. The minimum atomic E-state index is 0.758. The number of alkyl halides is 1. The zero-order valence-electron chi connectivity index (χ0n) is 5.64. The maximum atomic E-state index is 8.70. The Hall–Kier alpha value is -0.0800. The highest BCUT2D eigenvalue weighted by molar-refractivity contribution is 14.1. The first-order chi connectivity index (χ1) is 5.27. The third-order valence-electron chi connectivity index (χ3n) is 1.34. The molecule has 0 radical (unpaired) electrons. The first-order valence-corrected chi connectivity index (χ1v) is 5.34. The molecule has 1 rings (SSSR count). The second kappa shape index (κ2) is 4.07. The monoisotopic (exact) mass is 321 g/mol. The summed E-state index contributed by atoms with van der Waals surface area (Å²) >= 11 is 5.56. The minimum Gasteiger partial charge on any atom is -0.192 e. The van der Waals surface area contributed by atoms with Crippen molar-refractivity contribution in [1.82, 2.24) is 0 Å². The number of nitriles is 1. The van der Waals surface area contributed by atoms with Gasteiger partial charge in [-0.05, 0) is 17.7 Å². The summed E-state index contributed by atoms with van der Waals surface area (Å²) in [5, 5.41) is 8.70. The molecule has 0 amide bonds. The summed E-state index contributed by atoms with van der Waals surface area (Å²) in [6.07, 6.45) is 0. The molecule has 0 aliphatic carbocycles. The zero-order chi connectivity index (χ0) is 8.27. The maximum absolute atomic E-state index is 8.70. The molecule has 11 heavy (non-hydrogen) atoms. The molecule has 0 aliphatic heterocycles. The molecule has 0 spiro atoms. The molecular formula is C8H5BrIN. The summed E-state index contributed by atoms with van der Waals surface area (Å²) < 4.78 is 1.84. The van der Waals surface area contributed by atoms with Crippen molar-refractivity contribution in [2.24, 2.45) is 0 Å². The average Bonchev–Trinajstić information content (AvgIpc) is 2.04. The van der Waals surface area contributed by atoms with E-state index in [0.717, 1.165) is 20.0 Å². The van der Waals surface area contributed by atoms with Crippen molar-refractivity contribution in [3.05, 3.63) is 33.8 Å². The second-order valence-electron chi connectivity index (χ2n) is 2.05. The number of benzene rings is 1. The van der Waals surface area contributed by atoms with Crippen LogP contribution in [0.25, 0.3) is 0 Å². The van der Waals surface area contributed by atoms with E-state index < -0.39 is 0 Å². The Balaban J connectivity index is 3.19. The largest absolute Gasteiger partial charge is 0.192 e. The number of rotatable bonds is 1. The van der Waals surface area contributed by atoms with E-state index in [0.29, 0.717) is 0 Å². The van der Waals surface area contributed by atoms with Gasteiger partial charge >= 0.3 is 0 Å². The van der Waals surface area contributed by atoms with Gasteiger partial charge in [-0.15, -0.1) is 0 Å². The van der Waals surface area contributed by atoms with Gasteiger partial charge in [0, 0.05) is 8.90 Å². The van der Waals surface area contributed by atoms with E-state index in [-0.39, 0.29) is 0 Å². The van der Waals surface area contributed by atoms with Crippen LogP contribution in [0.4, 0.5) is 0 Å². The Morgan fingerprint density at radius 2 is 2.27 bits per heavy atom. The lowest BCUT2D eigenvalue weighted by Crippen LogP contribution is -1.84. The van der Waals surface area contributed by atoms with E-state index >= 15 is 0 Å². The molecule has 1 nitrogen and oxygen atoms in total. The topological polar surface area (TPSA) is 23.8 Å². The smallest absolute Gasteiger partial charge is 0.0995 e. The van der Waals surface area contributed by atoms with Gasteiger partial charge in [-0.3, -0.25) is 0 Å². The number of halogens is 2. The van der Waals surface area contributed by atoms with Crippen molar-refractivity contribution in [3.8, 4) is 6.07 Å². The average molecular weight is 322 g/mol. The van der Waals surface area contributed by atoms with Crippen LogP contribution < -0.4 is 0 Å². The molecule has 0 fully saturated rings. The summed E-state index contributed by atoms with van der Waals surface area (Å²) in [7, 11) is 0. The highest BCUT2D eigenvalue weighted by Crippen LogP contribution is 2.17. The molecule has 0 heterocycles. The third kappa shape index (κ3) is 2.17. The molecule has 0 N–H and O–H groups in total. The van der Waals surface area contributed by atoms with E-state index in [2.05, 4.69) is 44.6 Å². The minimum absolute atomic E-state index is 0.758. The molecule has 3 heteroatoms. The molecule has 1 aromatic carbocycles. The zero-order valence-corrected chi connectivity index (χ0v) is 9.39. The predicted octanol–water partition coefficient (Wildman–Crippen LogP) is 3.26. The Kier molecular flexibility index (Phi) is 3.34. The molecule has 0 aliphatic rings. The first kappa shape index (κ1) is 9.01. The summed E-state index contributed by atoms with van der Waals surface area (Å²) in [5.41, 5.74) is 1.85. The van der Waals surface area contributed by atoms with Crippen LogP contribution in [0, 0.1) is 11.3 Å². The number of hydrogen-bond donors (Lipinski definition) is 0. The SMILES string of the molecule is N#Cc1cc(Br)ccc1CI. The molecule has 0 saturated heterocycles. The van der Waals surface area contributed by atoms with Gasteiger partial charge in [-0.2, -0.15) is 5.26 Å². The van der Waals surface area contributed by atoms with Crippen LogP contribution in [-0.4, -0.2) is 0 Å². The van der Waals surface area contributed by atoms with Gasteiger partial charge < -0.3 is 0 Å². The van der Waals surface area contributed by atoms with Crippen LogP contribution in [0.5, 0.6) is 0 Å². The van der Waals surface area contributed by atoms with Crippen LogP contribution in [0.2, 0.25) is 0 Å². The van der Waals surface area contributed by atoms with Crippen LogP contribution in [-0.2, 0) is 4.43 Å². The van der Waals surface area contributed by atoms with Crippen LogP contribution in [0.15, 0.2) is 22.7 Å². The normalized spacial score (nSPS) is 9.18. The molecule has 0 aromatic heterocycles. The van der Waals surface area contributed by atoms with E-state index in [4.69, 9.17) is 5.26 Å².